The minimum absolute atomic E-state index is 0.0810. The largest absolute Gasteiger partial charge is 0.495 e. The van der Waals surface area contributed by atoms with E-state index in [-0.39, 0.29) is 18.4 Å². The van der Waals surface area contributed by atoms with Gasteiger partial charge in [-0.3, -0.25) is 14.4 Å². The molecule has 0 radical (unpaired) electrons. The first-order valence-electron chi connectivity index (χ1n) is 18.4. The lowest BCUT2D eigenvalue weighted by atomic mass is 9.75. The Kier molecular flexibility index (Phi) is 15.9. The molecule has 1 fully saturated rings. The Morgan fingerprint density at radius 3 is 1.70 bits per heavy atom. The van der Waals surface area contributed by atoms with Gasteiger partial charge in [0.25, 0.3) is 0 Å². The predicted molar refractivity (Wildman–Crippen MR) is 220 cm³/mol. The van der Waals surface area contributed by atoms with Crippen LogP contribution in [-0.2, 0) is 33.0 Å². The smallest absolute Gasteiger partial charge is 0.466 e. The highest BCUT2D eigenvalue weighted by atomic mass is 79.9. The van der Waals surface area contributed by atoms with Gasteiger partial charge in [-0.2, -0.15) is 0 Å². The van der Waals surface area contributed by atoms with E-state index in [1.165, 1.54) is 0 Å². The minimum atomic E-state index is -1.07. The van der Waals surface area contributed by atoms with Crippen LogP contribution in [0.25, 0.3) is 0 Å². The average Bonchev–Trinajstić information content (AvgIpc) is 3.58. The molecule has 1 atom stereocenters. The van der Waals surface area contributed by atoms with Crippen LogP contribution < -0.4 is 20.4 Å². The number of ether oxygens (including phenoxy) is 4. The van der Waals surface area contributed by atoms with Gasteiger partial charge >= 0.3 is 26.2 Å². The van der Waals surface area contributed by atoms with Gasteiger partial charge in [0, 0.05) is 5.56 Å². The molecule has 1 N–H and O–H groups in total. The van der Waals surface area contributed by atoms with Gasteiger partial charge in [-0.25, -0.2) is 0 Å². The van der Waals surface area contributed by atoms with Gasteiger partial charge in [0.05, 0.1) is 36.9 Å². The Labute approximate surface area is 338 Å². The minimum Gasteiger partial charge on any atom is -0.466 e. The first-order chi connectivity index (χ1) is 26.6. The highest BCUT2D eigenvalue weighted by Gasteiger charge is 2.52. The van der Waals surface area contributed by atoms with Crippen molar-refractivity contribution in [2.24, 2.45) is 0 Å². The van der Waals surface area contributed by atoms with Crippen molar-refractivity contribution in [1.82, 2.24) is 0 Å². The Morgan fingerprint density at radius 2 is 1.23 bits per heavy atom. The van der Waals surface area contributed by atoms with E-state index in [0.29, 0.717) is 52.3 Å². The highest BCUT2D eigenvalue weighted by molar-refractivity contribution is 9.09. The van der Waals surface area contributed by atoms with E-state index in [4.69, 9.17) is 28.2 Å². The van der Waals surface area contributed by atoms with E-state index < -0.39 is 31.5 Å². The number of rotatable bonds is 11. The second kappa shape index (κ2) is 20.1. The number of halogens is 1. The molecule has 0 bridgehead atoms. The highest BCUT2D eigenvalue weighted by Crippen LogP contribution is 2.37. The average molecular weight is 831 g/mol. The van der Waals surface area contributed by atoms with E-state index in [0.717, 1.165) is 28.7 Å². The number of hydrogen-bond acceptors (Lipinski definition) is 11. The summed E-state index contributed by atoms with van der Waals surface area (Å²) in [4.78, 5) is 33.5. The Bertz CT molecular complexity index is 1920. The number of aryl methyl sites for hydroxylation is 2. The predicted octanol–water partition coefficient (Wildman–Crippen LogP) is 7.34. The molecule has 0 saturated carbocycles. The summed E-state index contributed by atoms with van der Waals surface area (Å²) >= 11 is 2.94. The maximum absolute atomic E-state index is 11.7. The molecule has 0 aromatic heterocycles. The number of hydrogen-bond donors (Lipinski definition) is 1. The van der Waals surface area contributed by atoms with Gasteiger partial charge in [-0.05, 0) is 132 Å². The normalized spacial score (nSPS) is 16.0. The Balaban J connectivity index is 0.000000213. The Hall–Kier alpha value is -4.46. The van der Waals surface area contributed by atoms with Crippen molar-refractivity contribution < 1.29 is 52.3 Å². The quantitative estimate of drug-likeness (QED) is 0.0704. The molecule has 0 aliphatic carbocycles. The second-order valence-electron chi connectivity index (χ2n) is 13.9. The molecule has 6 rings (SSSR count). The molecule has 14 heteroatoms. The van der Waals surface area contributed by atoms with E-state index >= 15 is 0 Å². The molecule has 4 aromatic rings. The second-order valence-corrected chi connectivity index (χ2v) is 14.5. The van der Waals surface area contributed by atoms with Gasteiger partial charge in [0.15, 0.2) is 0 Å². The molecule has 0 spiro atoms. The number of para-hydroxylation sites is 2. The maximum Gasteiger partial charge on any atom is 0.495 e. The summed E-state index contributed by atoms with van der Waals surface area (Å²) in [6.07, 6.45) is 0.430. The number of esters is 2. The van der Waals surface area contributed by atoms with Crippen LogP contribution in [0.1, 0.15) is 81.1 Å². The van der Waals surface area contributed by atoms with E-state index in [1.54, 1.807) is 19.9 Å². The monoisotopic (exact) mass is 830 g/mol. The van der Waals surface area contributed by atoms with E-state index in [1.807, 2.05) is 120 Å². The SMILES string of the molecule is CCOC(=O)CBr.CCOC(=O)CC1OB(O)c2cc(Oc3ccccc3)cc(C)c21.Cc1cc(Oc2ccccc2)cc(B2OC(C)(C)C(C)(C)O2)c1C=O. The first-order valence-corrected chi connectivity index (χ1v) is 19.5. The molecule has 0 amide bonds. The number of fused-ring (bicyclic) bond motifs is 1. The number of carbonyl (C=O) groups excluding carboxylic acids is 3. The van der Waals surface area contributed by atoms with Crippen molar-refractivity contribution >= 4 is 59.3 Å². The van der Waals surface area contributed by atoms with Crippen LogP contribution in [0.15, 0.2) is 84.9 Å². The topological polar surface area (TPSA) is 136 Å². The van der Waals surface area contributed by atoms with E-state index in [9.17, 15) is 19.4 Å². The molecule has 4 aromatic carbocycles. The third-order valence-corrected chi connectivity index (χ3v) is 9.78. The fourth-order valence-electron chi connectivity index (χ4n) is 5.94. The first kappa shape index (κ1) is 44.3. The number of carbonyl (C=O) groups is 3. The van der Waals surface area contributed by atoms with Crippen LogP contribution in [0.5, 0.6) is 23.0 Å². The maximum atomic E-state index is 11.7. The zero-order valence-electron chi connectivity index (χ0n) is 33.1. The van der Waals surface area contributed by atoms with Crippen molar-refractivity contribution in [1.29, 1.82) is 0 Å². The zero-order chi connectivity index (χ0) is 41.0. The van der Waals surface area contributed by atoms with Crippen LogP contribution in [-0.4, -0.2) is 67.2 Å². The third-order valence-electron chi connectivity index (χ3n) is 9.32. The van der Waals surface area contributed by atoms with Gasteiger partial charge < -0.3 is 37.9 Å². The van der Waals surface area contributed by atoms with Gasteiger partial charge in [0.1, 0.15) is 34.6 Å². The standard InChI is InChI=1S/C20H23BO4.C18H19BO5.C4H7BrO2/c1-14-11-16(23-15-9-7-6-8-10-15)12-18(17(14)13-22)21-24-19(2,3)20(4,5)25-21;1-3-22-17(20)11-16-18-12(2)9-14(10-15(18)19(21)24-16)23-13-7-5-4-6-8-13;1-2-7-4(6)3-5/h6-13H,1-5H3;4-10,16,21H,3,11H2,1-2H3;2-3H2,1H3. The molecule has 2 aliphatic rings. The van der Waals surface area contributed by atoms with Crippen molar-refractivity contribution in [3.8, 4) is 23.0 Å². The number of benzene rings is 4. The lowest BCUT2D eigenvalue weighted by Crippen LogP contribution is -2.41. The van der Waals surface area contributed by atoms with Crippen LogP contribution in [0, 0.1) is 13.8 Å². The molecule has 1 saturated heterocycles. The zero-order valence-corrected chi connectivity index (χ0v) is 34.7. The van der Waals surface area contributed by atoms with E-state index in [2.05, 4.69) is 20.7 Å². The van der Waals surface area contributed by atoms with Gasteiger partial charge in [-0.15, -0.1) is 0 Å². The van der Waals surface area contributed by atoms with Crippen LogP contribution in [0.3, 0.4) is 0 Å². The fraction of sp³-hybridized carbons (Fsp3) is 0.357. The number of alkyl halides is 1. The van der Waals surface area contributed by atoms with Gasteiger partial charge in [-0.1, -0.05) is 52.3 Å². The summed E-state index contributed by atoms with van der Waals surface area (Å²) in [5.41, 5.74) is 3.53. The summed E-state index contributed by atoms with van der Waals surface area (Å²) in [7, 11) is -1.68. The van der Waals surface area contributed by atoms with Gasteiger partial charge in [0.2, 0.25) is 0 Å². The van der Waals surface area contributed by atoms with Crippen LogP contribution in [0.2, 0.25) is 0 Å². The van der Waals surface area contributed by atoms with Crippen molar-refractivity contribution in [2.45, 2.75) is 79.1 Å². The summed E-state index contributed by atoms with van der Waals surface area (Å²) in [5.74, 6) is 2.18. The molecule has 2 heterocycles. The lowest BCUT2D eigenvalue weighted by molar-refractivity contribution is -0.145. The summed E-state index contributed by atoms with van der Waals surface area (Å²) in [5, 5.41) is 10.5. The van der Waals surface area contributed by atoms with Crippen LogP contribution >= 0.6 is 15.9 Å². The van der Waals surface area contributed by atoms with Crippen molar-refractivity contribution in [3.63, 3.8) is 0 Å². The summed E-state index contributed by atoms with van der Waals surface area (Å²) in [6.45, 7) is 16.1. The van der Waals surface area contributed by atoms with Crippen LogP contribution in [0.4, 0.5) is 0 Å². The fourth-order valence-corrected chi connectivity index (χ4v) is 6.10. The Morgan fingerprint density at radius 1 is 0.750 bits per heavy atom. The molecule has 296 valence electrons. The molecule has 1 unspecified atom stereocenters. The molecule has 2 aliphatic heterocycles. The third kappa shape index (κ3) is 11.5. The lowest BCUT2D eigenvalue weighted by Gasteiger charge is -2.32. The molecule has 56 heavy (non-hydrogen) atoms. The number of aldehydes is 1. The van der Waals surface area contributed by atoms with Crippen molar-refractivity contribution in [2.75, 3.05) is 18.5 Å². The van der Waals surface area contributed by atoms with Crippen molar-refractivity contribution in [3.05, 3.63) is 107 Å². The molecule has 11 nitrogen and oxygen atoms in total. The summed E-state index contributed by atoms with van der Waals surface area (Å²) in [6, 6.07) is 26.3. The molecular formula is C42H49B2BrO11. The molecular weight excluding hydrogens is 782 g/mol. The summed E-state index contributed by atoms with van der Waals surface area (Å²) < 4.78 is 39.0.